The van der Waals surface area contributed by atoms with Crippen LogP contribution in [0.25, 0.3) is 0 Å². The van der Waals surface area contributed by atoms with E-state index in [2.05, 4.69) is 43.1 Å². The lowest BCUT2D eigenvalue weighted by molar-refractivity contribution is -0.138. The van der Waals surface area contributed by atoms with Gasteiger partial charge in [0.25, 0.3) is 0 Å². The van der Waals surface area contributed by atoms with E-state index in [4.69, 9.17) is 5.11 Å². The number of nitrogens with zero attached hydrogens (tertiary/aromatic N) is 1. The summed E-state index contributed by atoms with van der Waals surface area (Å²) in [6, 6.07) is 0. The molecule has 0 atom stereocenters. The lowest BCUT2D eigenvalue weighted by atomic mass is 10.1. The van der Waals surface area contributed by atoms with Gasteiger partial charge in [0.1, 0.15) is 0 Å². The Balaban J connectivity index is 3.69. The first kappa shape index (κ1) is 23.9. The van der Waals surface area contributed by atoms with Crippen LogP contribution < -0.4 is 0 Å². The lowest BCUT2D eigenvalue weighted by Gasteiger charge is -2.20. The van der Waals surface area contributed by atoms with Gasteiger partial charge < -0.3 is 5.11 Å². The highest BCUT2D eigenvalue weighted by Gasteiger charge is 2.08. The molecule has 0 heterocycles. The van der Waals surface area contributed by atoms with Gasteiger partial charge in [0.2, 0.25) is 0 Å². The van der Waals surface area contributed by atoms with Crippen LogP contribution in [0.15, 0.2) is 24.3 Å². The molecule has 3 heteroatoms. The van der Waals surface area contributed by atoms with Crippen LogP contribution in [0.5, 0.6) is 0 Å². The Bertz CT molecular complexity index is 324. The van der Waals surface area contributed by atoms with Crippen molar-refractivity contribution in [1.82, 2.24) is 4.90 Å². The monoisotopic (exact) mass is 351 g/mol. The summed E-state index contributed by atoms with van der Waals surface area (Å²) >= 11 is 0. The molecule has 1 N–H and O–H groups in total. The van der Waals surface area contributed by atoms with E-state index < -0.39 is 5.97 Å². The molecule has 0 spiro atoms. The fourth-order valence-corrected chi connectivity index (χ4v) is 2.93. The molecule has 0 bridgehead atoms. The molecule has 25 heavy (non-hydrogen) atoms. The zero-order valence-corrected chi connectivity index (χ0v) is 16.7. The summed E-state index contributed by atoms with van der Waals surface area (Å²) in [6.45, 7) is 6.37. The zero-order valence-electron chi connectivity index (χ0n) is 16.7. The molecule has 0 aliphatic heterocycles. The molecule has 0 saturated carbocycles. The maximum atomic E-state index is 11.0. The molecule has 0 aromatic rings. The Morgan fingerprint density at radius 3 is 1.56 bits per heavy atom. The van der Waals surface area contributed by atoms with E-state index in [1.807, 2.05) is 0 Å². The fourth-order valence-electron chi connectivity index (χ4n) is 2.93. The van der Waals surface area contributed by atoms with Crippen molar-refractivity contribution in [2.75, 3.05) is 19.6 Å². The highest BCUT2D eigenvalue weighted by atomic mass is 16.4. The van der Waals surface area contributed by atoms with E-state index in [1.165, 1.54) is 51.4 Å². The van der Waals surface area contributed by atoms with E-state index in [1.54, 1.807) is 0 Å². The van der Waals surface area contributed by atoms with Gasteiger partial charge in [-0.3, -0.25) is 9.69 Å². The number of rotatable bonds is 18. The number of carbonyl (C=O) groups is 1. The summed E-state index contributed by atoms with van der Waals surface area (Å²) in [5.74, 6) is -0.700. The number of unbranched alkanes of at least 4 members (excludes halogenated alkanes) is 8. The average Bonchev–Trinajstić information content (AvgIpc) is 2.58. The molecule has 0 aliphatic carbocycles. The van der Waals surface area contributed by atoms with Crippen LogP contribution in [0.3, 0.4) is 0 Å². The molecule has 146 valence electrons. The number of carboxylic acid groups (broad SMARTS) is 1. The number of carboxylic acids is 1. The molecular formula is C22H41NO2. The van der Waals surface area contributed by atoms with Crippen LogP contribution in [0.4, 0.5) is 0 Å². The third-order valence-corrected chi connectivity index (χ3v) is 4.35. The van der Waals surface area contributed by atoms with Crippen LogP contribution >= 0.6 is 0 Å². The zero-order chi connectivity index (χ0) is 18.6. The maximum absolute atomic E-state index is 11.0. The number of aliphatic carboxylic acids is 1. The Kier molecular flexibility index (Phi) is 18.4. The van der Waals surface area contributed by atoms with Crippen molar-refractivity contribution in [3.8, 4) is 0 Å². The van der Waals surface area contributed by atoms with Crippen LogP contribution in [-0.4, -0.2) is 35.6 Å². The van der Waals surface area contributed by atoms with Crippen molar-refractivity contribution in [1.29, 1.82) is 0 Å². The summed E-state index contributed by atoms with van der Waals surface area (Å²) in [4.78, 5) is 13.1. The smallest absolute Gasteiger partial charge is 0.317 e. The highest BCUT2D eigenvalue weighted by molar-refractivity contribution is 5.69. The summed E-state index contributed by atoms with van der Waals surface area (Å²) < 4.78 is 0. The normalized spacial score (nSPS) is 12.0. The molecule has 0 amide bonds. The molecule has 0 aromatic heterocycles. The van der Waals surface area contributed by atoms with Crippen LogP contribution in [0.2, 0.25) is 0 Å². The molecule has 0 aromatic carbocycles. The van der Waals surface area contributed by atoms with Crippen molar-refractivity contribution < 1.29 is 9.90 Å². The Hall–Kier alpha value is -1.09. The van der Waals surface area contributed by atoms with Gasteiger partial charge in [-0.25, -0.2) is 0 Å². The molecule has 0 radical (unpaired) electrons. The van der Waals surface area contributed by atoms with Crippen LogP contribution in [0.1, 0.15) is 90.9 Å². The minimum Gasteiger partial charge on any atom is -0.480 e. The van der Waals surface area contributed by atoms with E-state index >= 15 is 0 Å². The van der Waals surface area contributed by atoms with Gasteiger partial charge in [-0.1, -0.05) is 63.8 Å². The number of allylic oxidation sites excluding steroid dienone is 4. The number of hydrogen-bond acceptors (Lipinski definition) is 2. The van der Waals surface area contributed by atoms with Crippen molar-refractivity contribution in [2.24, 2.45) is 0 Å². The molecule has 0 rings (SSSR count). The predicted octanol–water partition coefficient (Wildman–Crippen LogP) is 6.21. The van der Waals surface area contributed by atoms with Crippen LogP contribution in [-0.2, 0) is 4.79 Å². The summed E-state index contributed by atoms with van der Waals surface area (Å²) in [7, 11) is 0. The largest absolute Gasteiger partial charge is 0.480 e. The summed E-state index contributed by atoms with van der Waals surface area (Å²) in [5.41, 5.74) is 0. The minimum atomic E-state index is -0.700. The molecular weight excluding hydrogens is 310 g/mol. The van der Waals surface area contributed by atoms with E-state index in [9.17, 15) is 4.79 Å². The van der Waals surface area contributed by atoms with Gasteiger partial charge in [-0.2, -0.15) is 0 Å². The highest BCUT2D eigenvalue weighted by Crippen LogP contribution is 2.08. The first-order chi connectivity index (χ1) is 12.2. The molecule has 3 nitrogen and oxygen atoms in total. The minimum absolute atomic E-state index is 0.193. The van der Waals surface area contributed by atoms with Crippen molar-refractivity contribution in [2.45, 2.75) is 90.9 Å². The molecule has 0 aliphatic rings. The first-order valence-electron chi connectivity index (χ1n) is 10.4. The Labute approximate surface area is 156 Å². The van der Waals surface area contributed by atoms with Gasteiger partial charge in [0.15, 0.2) is 0 Å². The van der Waals surface area contributed by atoms with Gasteiger partial charge in [0, 0.05) is 0 Å². The van der Waals surface area contributed by atoms with E-state index in [0.29, 0.717) is 0 Å². The maximum Gasteiger partial charge on any atom is 0.317 e. The number of hydrogen-bond donors (Lipinski definition) is 1. The van der Waals surface area contributed by atoms with Gasteiger partial charge in [0.05, 0.1) is 6.54 Å². The Morgan fingerprint density at radius 2 is 1.16 bits per heavy atom. The second-order valence-electron chi connectivity index (χ2n) is 6.83. The molecule has 0 saturated heterocycles. The standard InChI is InChI=1S/C22H41NO2/c1-3-5-7-9-11-13-15-17-19-23(21-22(24)25)20-18-16-14-12-10-8-6-4-2/h5-8H,3-4,9-21H2,1-2H3,(H,24,25)/b7-5+,8-6+. The summed E-state index contributed by atoms with van der Waals surface area (Å²) in [6.07, 6.45) is 23.3. The van der Waals surface area contributed by atoms with Crippen molar-refractivity contribution >= 4 is 5.97 Å². The predicted molar refractivity (Wildman–Crippen MR) is 109 cm³/mol. The van der Waals surface area contributed by atoms with Gasteiger partial charge >= 0.3 is 5.97 Å². The van der Waals surface area contributed by atoms with Crippen molar-refractivity contribution in [3.05, 3.63) is 24.3 Å². The third-order valence-electron chi connectivity index (χ3n) is 4.35. The molecule has 0 fully saturated rings. The second kappa shape index (κ2) is 19.2. The average molecular weight is 352 g/mol. The fraction of sp³-hybridized carbons (Fsp3) is 0.773. The van der Waals surface area contributed by atoms with Crippen LogP contribution in [0, 0.1) is 0 Å². The van der Waals surface area contributed by atoms with Crippen molar-refractivity contribution in [3.63, 3.8) is 0 Å². The SMILES string of the molecule is CC/C=C/CCCCCCN(CCCCCC/C=C/CC)CC(=O)O. The van der Waals surface area contributed by atoms with Gasteiger partial charge in [-0.05, 0) is 64.5 Å². The second-order valence-corrected chi connectivity index (χ2v) is 6.83. The summed E-state index contributed by atoms with van der Waals surface area (Å²) in [5, 5.41) is 9.07. The third kappa shape index (κ3) is 19.1. The van der Waals surface area contributed by atoms with E-state index in [0.717, 1.165) is 38.8 Å². The first-order valence-corrected chi connectivity index (χ1v) is 10.4. The Morgan fingerprint density at radius 1 is 0.720 bits per heavy atom. The van der Waals surface area contributed by atoms with E-state index in [-0.39, 0.29) is 6.54 Å². The quantitative estimate of drug-likeness (QED) is 0.236. The molecule has 0 unspecified atom stereocenters. The lowest BCUT2D eigenvalue weighted by Crippen LogP contribution is -2.31. The van der Waals surface area contributed by atoms with Gasteiger partial charge in [-0.15, -0.1) is 0 Å². The topological polar surface area (TPSA) is 40.5 Å².